The Morgan fingerprint density at radius 2 is 1.75 bits per heavy atom. The average molecular weight is 342 g/mol. The van der Waals surface area contributed by atoms with Gasteiger partial charge in [0.05, 0.1) is 26.0 Å². The molecule has 0 saturated heterocycles. The van der Waals surface area contributed by atoms with E-state index >= 15 is 0 Å². The highest BCUT2D eigenvalue weighted by Crippen LogP contribution is 2.31. The molecule has 0 amide bonds. The van der Waals surface area contributed by atoms with Crippen molar-refractivity contribution in [1.29, 1.82) is 0 Å². The summed E-state index contributed by atoms with van der Waals surface area (Å²) in [7, 11) is 5.10. The van der Waals surface area contributed by atoms with Gasteiger partial charge < -0.3 is 9.47 Å². The Hall–Kier alpha value is -2.94. The molecule has 8 nitrogen and oxygen atoms in total. The number of fused-ring (bicyclic) bond motifs is 1. The quantitative estimate of drug-likeness (QED) is 0.566. The molecule has 0 bridgehead atoms. The fraction of sp³-hybridized carbons (Fsp3) is 0.200. The van der Waals surface area contributed by atoms with Gasteiger partial charge in [0.25, 0.3) is 0 Å². The van der Waals surface area contributed by atoms with Gasteiger partial charge in [0.2, 0.25) is 4.96 Å². The highest BCUT2D eigenvalue weighted by Gasteiger charge is 2.16. The fourth-order valence-corrected chi connectivity index (χ4v) is 3.20. The first-order valence-electron chi connectivity index (χ1n) is 7.12. The van der Waals surface area contributed by atoms with Crippen LogP contribution < -0.4 is 9.47 Å². The smallest absolute Gasteiger partial charge is 0.235 e. The van der Waals surface area contributed by atoms with E-state index in [1.807, 2.05) is 31.4 Å². The van der Waals surface area contributed by atoms with E-state index in [2.05, 4.69) is 20.4 Å². The fourth-order valence-electron chi connectivity index (χ4n) is 2.38. The molecule has 4 rings (SSSR count). The molecule has 0 unspecified atom stereocenters. The number of aryl methyl sites for hydroxylation is 1. The Balaban J connectivity index is 1.84. The lowest BCUT2D eigenvalue weighted by molar-refractivity contribution is 0.394. The van der Waals surface area contributed by atoms with Crippen LogP contribution in [0.15, 0.2) is 30.6 Å². The lowest BCUT2D eigenvalue weighted by atomic mass is 10.2. The van der Waals surface area contributed by atoms with Crippen molar-refractivity contribution in [2.75, 3.05) is 14.2 Å². The number of hydrogen-bond donors (Lipinski definition) is 0. The first kappa shape index (κ1) is 14.6. The van der Waals surface area contributed by atoms with Crippen molar-refractivity contribution in [2.45, 2.75) is 0 Å². The zero-order valence-electron chi connectivity index (χ0n) is 13.3. The van der Waals surface area contributed by atoms with Gasteiger partial charge in [-0.25, -0.2) is 0 Å². The number of aromatic nitrogens is 6. The lowest BCUT2D eigenvalue weighted by Crippen LogP contribution is -1.93. The van der Waals surface area contributed by atoms with Crippen LogP contribution in [0.4, 0.5) is 0 Å². The Morgan fingerprint density at radius 3 is 2.38 bits per heavy atom. The van der Waals surface area contributed by atoms with E-state index in [0.717, 1.165) is 16.1 Å². The van der Waals surface area contributed by atoms with Gasteiger partial charge in [0.1, 0.15) is 11.5 Å². The number of ether oxygens (including phenoxy) is 2. The summed E-state index contributed by atoms with van der Waals surface area (Å²) in [6.45, 7) is 0. The van der Waals surface area contributed by atoms with Crippen molar-refractivity contribution in [1.82, 2.24) is 29.6 Å². The summed E-state index contributed by atoms with van der Waals surface area (Å²) in [5.41, 5.74) is 1.77. The minimum Gasteiger partial charge on any atom is -0.497 e. The molecule has 9 heteroatoms. The van der Waals surface area contributed by atoms with Crippen LogP contribution in [0.2, 0.25) is 0 Å². The minimum absolute atomic E-state index is 0.633. The van der Waals surface area contributed by atoms with E-state index in [-0.39, 0.29) is 0 Å². The second kappa shape index (κ2) is 5.60. The maximum atomic E-state index is 5.32. The number of rotatable bonds is 4. The summed E-state index contributed by atoms with van der Waals surface area (Å²) < 4.78 is 14.1. The van der Waals surface area contributed by atoms with Crippen LogP contribution in [-0.2, 0) is 7.05 Å². The molecule has 1 aromatic carbocycles. The highest BCUT2D eigenvalue weighted by molar-refractivity contribution is 7.19. The normalized spacial score (nSPS) is 11.1. The third-order valence-corrected chi connectivity index (χ3v) is 4.50. The Labute approximate surface area is 141 Å². The van der Waals surface area contributed by atoms with E-state index in [9.17, 15) is 0 Å². The van der Waals surface area contributed by atoms with Crippen LogP contribution in [0.5, 0.6) is 11.5 Å². The molecule has 0 N–H and O–H groups in total. The SMILES string of the molecule is COc1cc(OC)cc(-c2nnc3sc(-c4cnn(C)c4)nn23)c1. The Morgan fingerprint density at radius 1 is 1.00 bits per heavy atom. The summed E-state index contributed by atoms with van der Waals surface area (Å²) in [4.78, 5) is 0.714. The van der Waals surface area contributed by atoms with Gasteiger partial charge in [-0.15, -0.1) is 10.2 Å². The van der Waals surface area contributed by atoms with Gasteiger partial charge in [-0.3, -0.25) is 4.68 Å². The Kier molecular flexibility index (Phi) is 3.42. The predicted molar refractivity (Wildman–Crippen MR) is 89.4 cm³/mol. The molecule has 0 aliphatic heterocycles. The van der Waals surface area contributed by atoms with Gasteiger partial charge in [-0.1, -0.05) is 11.3 Å². The van der Waals surface area contributed by atoms with Crippen LogP contribution in [0.25, 0.3) is 26.9 Å². The largest absolute Gasteiger partial charge is 0.497 e. The topological polar surface area (TPSA) is 79.4 Å². The molecule has 3 aromatic heterocycles. The summed E-state index contributed by atoms with van der Waals surface area (Å²) in [6.07, 6.45) is 3.69. The number of benzene rings is 1. The monoisotopic (exact) mass is 342 g/mol. The van der Waals surface area contributed by atoms with E-state index in [1.54, 1.807) is 29.6 Å². The third kappa shape index (κ3) is 2.38. The van der Waals surface area contributed by atoms with Crippen LogP contribution >= 0.6 is 11.3 Å². The van der Waals surface area contributed by atoms with Crippen molar-refractivity contribution in [3.8, 4) is 33.5 Å². The second-order valence-corrected chi connectivity index (χ2v) is 6.09. The molecule has 122 valence electrons. The van der Waals surface area contributed by atoms with Gasteiger partial charge in [0, 0.05) is 24.9 Å². The second-order valence-electron chi connectivity index (χ2n) is 5.13. The number of hydrogen-bond acceptors (Lipinski definition) is 7. The lowest BCUT2D eigenvalue weighted by Gasteiger charge is -2.06. The molecule has 0 spiro atoms. The van der Waals surface area contributed by atoms with Crippen LogP contribution in [0, 0.1) is 0 Å². The third-order valence-electron chi connectivity index (χ3n) is 3.55. The predicted octanol–water partition coefficient (Wildman–Crippen LogP) is 2.27. The number of nitrogens with zero attached hydrogens (tertiary/aromatic N) is 6. The molecule has 0 saturated carbocycles. The zero-order chi connectivity index (χ0) is 16.7. The molecule has 4 aromatic rings. The minimum atomic E-state index is 0.633. The summed E-state index contributed by atoms with van der Waals surface area (Å²) in [5.74, 6) is 2.00. The molecule has 3 heterocycles. The summed E-state index contributed by atoms with van der Waals surface area (Å²) in [5, 5.41) is 18.1. The van der Waals surface area contributed by atoms with Gasteiger partial charge in [0.15, 0.2) is 10.8 Å². The van der Waals surface area contributed by atoms with Gasteiger partial charge in [-0.2, -0.15) is 14.7 Å². The van der Waals surface area contributed by atoms with Crippen molar-refractivity contribution in [2.24, 2.45) is 7.05 Å². The van der Waals surface area contributed by atoms with Crippen LogP contribution in [-0.4, -0.2) is 43.8 Å². The van der Waals surface area contributed by atoms with Crippen molar-refractivity contribution < 1.29 is 9.47 Å². The van der Waals surface area contributed by atoms with E-state index in [0.29, 0.717) is 22.3 Å². The van der Waals surface area contributed by atoms with E-state index in [4.69, 9.17) is 9.47 Å². The first-order chi connectivity index (χ1) is 11.7. The van der Waals surface area contributed by atoms with E-state index < -0.39 is 0 Å². The molecule has 0 aliphatic carbocycles. The van der Waals surface area contributed by atoms with Gasteiger partial charge in [-0.05, 0) is 12.1 Å². The molecule has 0 fully saturated rings. The molecule has 0 aliphatic rings. The number of methoxy groups -OCH3 is 2. The summed E-state index contributed by atoms with van der Waals surface area (Å²) in [6, 6.07) is 5.56. The average Bonchev–Trinajstić information content (AvgIpc) is 3.28. The highest BCUT2D eigenvalue weighted by atomic mass is 32.1. The van der Waals surface area contributed by atoms with Crippen LogP contribution in [0.3, 0.4) is 0 Å². The van der Waals surface area contributed by atoms with Crippen molar-refractivity contribution in [3.05, 3.63) is 30.6 Å². The van der Waals surface area contributed by atoms with Gasteiger partial charge >= 0.3 is 0 Å². The van der Waals surface area contributed by atoms with E-state index in [1.165, 1.54) is 11.3 Å². The summed E-state index contributed by atoms with van der Waals surface area (Å²) >= 11 is 1.46. The Bertz CT molecular complexity index is 996. The molecule has 0 radical (unpaired) electrons. The molecular weight excluding hydrogens is 328 g/mol. The first-order valence-corrected chi connectivity index (χ1v) is 7.94. The van der Waals surface area contributed by atoms with Crippen molar-refractivity contribution in [3.63, 3.8) is 0 Å². The molecule has 0 atom stereocenters. The zero-order valence-corrected chi connectivity index (χ0v) is 14.1. The molecule has 24 heavy (non-hydrogen) atoms. The maximum absolute atomic E-state index is 5.32. The standard InChI is InChI=1S/C15H14N6O2S/c1-20-8-10(7-16-20)14-19-21-13(17-18-15(21)24-14)9-4-11(22-2)6-12(5-9)23-3/h4-8H,1-3H3. The van der Waals surface area contributed by atoms with Crippen molar-refractivity contribution >= 4 is 16.3 Å². The maximum Gasteiger partial charge on any atom is 0.235 e. The molecular formula is C15H14N6O2S. The van der Waals surface area contributed by atoms with Crippen LogP contribution in [0.1, 0.15) is 0 Å².